The predicted octanol–water partition coefficient (Wildman–Crippen LogP) is 2.67. The Bertz CT molecular complexity index is 1050. The highest BCUT2D eigenvalue weighted by molar-refractivity contribution is 5.97. The van der Waals surface area contributed by atoms with E-state index in [1.807, 2.05) is 13.8 Å². The zero-order valence-electron chi connectivity index (χ0n) is 15.9. The first-order valence-corrected chi connectivity index (χ1v) is 8.97. The quantitative estimate of drug-likeness (QED) is 0.590. The zero-order valence-corrected chi connectivity index (χ0v) is 15.9. The summed E-state index contributed by atoms with van der Waals surface area (Å²) in [6, 6.07) is 7.18. The van der Waals surface area contributed by atoms with Gasteiger partial charge in [0, 0.05) is 24.2 Å². The fraction of sp³-hybridized carbons (Fsp3) is 0.263. The van der Waals surface area contributed by atoms with Crippen LogP contribution in [0.2, 0.25) is 0 Å². The summed E-state index contributed by atoms with van der Waals surface area (Å²) in [5, 5.41) is 15.7. The molecule has 3 amide bonds. The maximum Gasteiger partial charge on any atom is 0.319 e. The van der Waals surface area contributed by atoms with Crippen molar-refractivity contribution in [2.45, 2.75) is 26.4 Å². The van der Waals surface area contributed by atoms with Gasteiger partial charge >= 0.3 is 6.03 Å². The Morgan fingerprint density at radius 3 is 2.69 bits per heavy atom. The molecule has 0 aliphatic rings. The summed E-state index contributed by atoms with van der Waals surface area (Å²) in [6.45, 7) is 4.22. The number of carbonyl (C=O) groups is 2. The fourth-order valence-corrected chi connectivity index (χ4v) is 2.66. The largest absolute Gasteiger partial charge is 0.350 e. The summed E-state index contributed by atoms with van der Waals surface area (Å²) in [7, 11) is 0. The molecule has 3 aromatic rings. The standard InChI is InChI=1S/C19H20F2N6O2/c1-11(2)23-18(28)12-3-6-17-16(9-12)25-26-27(17)8-7-22-19(29)24-15-10-13(20)4-5-14(15)21/h3-6,9-11H,7-8H2,1-2H3,(H,23,28)(H2,22,24,29). The second-order valence-electron chi connectivity index (χ2n) is 6.65. The summed E-state index contributed by atoms with van der Waals surface area (Å²) in [6.07, 6.45) is 0. The van der Waals surface area contributed by atoms with Crippen LogP contribution in [-0.2, 0) is 6.54 Å². The van der Waals surface area contributed by atoms with E-state index in [2.05, 4.69) is 26.3 Å². The van der Waals surface area contributed by atoms with E-state index in [0.717, 1.165) is 18.2 Å². The third-order valence-corrected chi connectivity index (χ3v) is 3.98. The fourth-order valence-electron chi connectivity index (χ4n) is 2.66. The number of nitrogens with one attached hydrogen (secondary N) is 3. The van der Waals surface area contributed by atoms with Gasteiger partial charge in [-0.05, 0) is 44.2 Å². The first-order chi connectivity index (χ1) is 13.8. The molecule has 0 fully saturated rings. The van der Waals surface area contributed by atoms with Gasteiger partial charge in [0.15, 0.2) is 0 Å². The summed E-state index contributed by atoms with van der Waals surface area (Å²) < 4.78 is 28.3. The molecule has 0 atom stereocenters. The van der Waals surface area contributed by atoms with Gasteiger partial charge in [-0.15, -0.1) is 5.10 Å². The highest BCUT2D eigenvalue weighted by Crippen LogP contribution is 2.15. The van der Waals surface area contributed by atoms with E-state index in [-0.39, 0.29) is 24.2 Å². The molecule has 0 aliphatic heterocycles. The van der Waals surface area contributed by atoms with Crippen molar-refractivity contribution in [3.05, 3.63) is 53.6 Å². The Labute approximate surface area is 165 Å². The molecule has 0 radical (unpaired) electrons. The van der Waals surface area contributed by atoms with E-state index >= 15 is 0 Å². The number of nitrogens with zero attached hydrogens (tertiary/aromatic N) is 3. The number of aromatic nitrogens is 3. The molecule has 0 saturated heterocycles. The number of rotatable bonds is 6. The average molecular weight is 402 g/mol. The minimum absolute atomic E-state index is 0.0203. The van der Waals surface area contributed by atoms with Crippen molar-refractivity contribution in [2.75, 3.05) is 11.9 Å². The summed E-state index contributed by atoms with van der Waals surface area (Å²) in [5.41, 5.74) is 1.48. The van der Waals surface area contributed by atoms with Crippen molar-refractivity contribution in [1.82, 2.24) is 25.6 Å². The molecule has 3 rings (SSSR count). The summed E-state index contributed by atoms with van der Waals surface area (Å²) >= 11 is 0. The Morgan fingerprint density at radius 2 is 1.93 bits per heavy atom. The number of amides is 3. The van der Waals surface area contributed by atoms with Gasteiger partial charge in [0.05, 0.1) is 17.7 Å². The van der Waals surface area contributed by atoms with Crippen LogP contribution in [0.4, 0.5) is 19.3 Å². The molecule has 29 heavy (non-hydrogen) atoms. The van der Waals surface area contributed by atoms with Gasteiger partial charge in [-0.3, -0.25) is 4.79 Å². The van der Waals surface area contributed by atoms with Crippen LogP contribution in [0.1, 0.15) is 24.2 Å². The molecule has 8 nitrogen and oxygen atoms in total. The third kappa shape index (κ3) is 5.03. The first-order valence-electron chi connectivity index (χ1n) is 8.97. The van der Waals surface area contributed by atoms with Gasteiger partial charge in [0.2, 0.25) is 0 Å². The molecule has 0 spiro atoms. The van der Waals surface area contributed by atoms with Gasteiger partial charge in [-0.25, -0.2) is 18.3 Å². The van der Waals surface area contributed by atoms with Crippen molar-refractivity contribution >= 4 is 28.7 Å². The van der Waals surface area contributed by atoms with Gasteiger partial charge in [0.25, 0.3) is 5.91 Å². The number of hydrogen-bond acceptors (Lipinski definition) is 4. The van der Waals surface area contributed by atoms with Crippen LogP contribution in [0, 0.1) is 11.6 Å². The van der Waals surface area contributed by atoms with E-state index in [1.165, 1.54) is 0 Å². The number of anilines is 1. The van der Waals surface area contributed by atoms with Crippen LogP contribution in [-0.4, -0.2) is 39.5 Å². The monoisotopic (exact) mass is 402 g/mol. The summed E-state index contributed by atoms with van der Waals surface area (Å²) in [4.78, 5) is 24.0. The minimum Gasteiger partial charge on any atom is -0.350 e. The van der Waals surface area contributed by atoms with Crippen molar-refractivity contribution in [3.63, 3.8) is 0 Å². The topological polar surface area (TPSA) is 101 Å². The number of carbonyl (C=O) groups excluding carboxylic acids is 2. The Balaban J connectivity index is 1.58. The summed E-state index contributed by atoms with van der Waals surface area (Å²) in [5.74, 6) is -1.59. The highest BCUT2D eigenvalue weighted by Gasteiger charge is 2.12. The maximum absolute atomic E-state index is 13.5. The van der Waals surface area contributed by atoms with Crippen LogP contribution in [0.15, 0.2) is 36.4 Å². The molecule has 10 heteroatoms. The lowest BCUT2D eigenvalue weighted by Gasteiger charge is -2.09. The molecule has 2 aromatic carbocycles. The van der Waals surface area contributed by atoms with E-state index in [9.17, 15) is 18.4 Å². The van der Waals surface area contributed by atoms with E-state index in [4.69, 9.17) is 0 Å². The lowest BCUT2D eigenvalue weighted by molar-refractivity contribution is 0.0943. The van der Waals surface area contributed by atoms with Crippen LogP contribution >= 0.6 is 0 Å². The molecular formula is C19H20F2N6O2. The predicted molar refractivity (Wildman–Crippen MR) is 104 cm³/mol. The second-order valence-corrected chi connectivity index (χ2v) is 6.65. The minimum atomic E-state index is -0.735. The molecule has 0 unspecified atom stereocenters. The Kier molecular flexibility index (Phi) is 6.01. The van der Waals surface area contributed by atoms with Gasteiger partial charge in [-0.1, -0.05) is 5.21 Å². The van der Waals surface area contributed by atoms with Crippen LogP contribution < -0.4 is 16.0 Å². The molecule has 0 bridgehead atoms. The molecule has 1 heterocycles. The SMILES string of the molecule is CC(C)NC(=O)c1ccc2c(c1)nnn2CCNC(=O)Nc1cc(F)ccc1F. The highest BCUT2D eigenvalue weighted by atomic mass is 19.1. The van der Waals surface area contributed by atoms with Gasteiger partial charge < -0.3 is 16.0 Å². The number of fused-ring (bicyclic) bond motifs is 1. The number of benzene rings is 2. The normalized spacial score (nSPS) is 10.9. The zero-order chi connectivity index (χ0) is 21.0. The molecule has 3 N–H and O–H groups in total. The maximum atomic E-state index is 13.5. The molecule has 0 aliphatic carbocycles. The molecule has 152 valence electrons. The van der Waals surface area contributed by atoms with Gasteiger partial charge in [-0.2, -0.15) is 0 Å². The smallest absolute Gasteiger partial charge is 0.319 e. The van der Waals surface area contributed by atoms with Crippen molar-refractivity contribution in [3.8, 4) is 0 Å². The third-order valence-electron chi connectivity index (χ3n) is 3.98. The van der Waals surface area contributed by atoms with E-state index < -0.39 is 17.7 Å². The lowest BCUT2D eigenvalue weighted by Crippen LogP contribution is -2.32. The Hall–Kier alpha value is -3.56. The van der Waals surface area contributed by atoms with Crippen LogP contribution in [0.3, 0.4) is 0 Å². The van der Waals surface area contributed by atoms with Crippen molar-refractivity contribution in [2.24, 2.45) is 0 Å². The molecular weight excluding hydrogens is 382 g/mol. The number of hydrogen-bond donors (Lipinski definition) is 3. The average Bonchev–Trinajstić information content (AvgIpc) is 3.06. The van der Waals surface area contributed by atoms with Crippen LogP contribution in [0.5, 0.6) is 0 Å². The number of urea groups is 1. The molecule has 1 aromatic heterocycles. The first kappa shape index (κ1) is 20.2. The lowest BCUT2D eigenvalue weighted by atomic mass is 10.2. The van der Waals surface area contributed by atoms with Crippen molar-refractivity contribution < 1.29 is 18.4 Å². The van der Waals surface area contributed by atoms with Gasteiger partial charge in [0.1, 0.15) is 17.2 Å². The van der Waals surface area contributed by atoms with Crippen LogP contribution in [0.25, 0.3) is 11.0 Å². The number of halogens is 2. The van der Waals surface area contributed by atoms with E-state index in [1.54, 1.807) is 22.9 Å². The van der Waals surface area contributed by atoms with Crippen molar-refractivity contribution in [1.29, 1.82) is 0 Å². The van der Waals surface area contributed by atoms with E-state index in [0.29, 0.717) is 23.1 Å². The Morgan fingerprint density at radius 1 is 1.14 bits per heavy atom. The molecule has 0 saturated carbocycles. The second kappa shape index (κ2) is 8.63.